The maximum Gasteiger partial charge on any atom is 0.151 e. The lowest BCUT2D eigenvalue weighted by Gasteiger charge is -2.22. The summed E-state index contributed by atoms with van der Waals surface area (Å²) in [5.74, 6) is 1.18. The molecule has 1 atom stereocenters. The van der Waals surface area contributed by atoms with Gasteiger partial charge in [0.15, 0.2) is 4.34 Å². The van der Waals surface area contributed by atoms with Crippen molar-refractivity contribution >= 4 is 33.3 Å². The minimum atomic E-state index is 0.737. The molecule has 0 amide bonds. The molecule has 2 aromatic rings. The molecule has 0 radical (unpaired) electrons. The zero-order chi connectivity index (χ0) is 12.2. The van der Waals surface area contributed by atoms with Gasteiger partial charge >= 0.3 is 0 Å². The van der Waals surface area contributed by atoms with Gasteiger partial charge in [0.2, 0.25) is 0 Å². The van der Waals surface area contributed by atoms with Crippen LogP contribution in [0.4, 0.5) is 0 Å². The van der Waals surface area contributed by atoms with Crippen LogP contribution < -0.4 is 5.32 Å². The van der Waals surface area contributed by atoms with E-state index in [1.165, 1.54) is 47.0 Å². The van der Waals surface area contributed by atoms with E-state index in [2.05, 4.69) is 34.6 Å². The maximum atomic E-state index is 4.66. The summed E-state index contributed by atoms with van der Waals surface area (Å²) in [6.45, 7) is 1.20. The first kappa shape index (κ1) is 12.5. The van der Waals surface area contributed by atoms with E-state index < -0.39 is 0 Å². The summed E-state index contributed by atoms with van der Waals surface area (Å²) in [6, 6.07) is 9.13. The number of hydrogen-bond donors (Lipinski definition) is 1. The van der Waals surface area contributed by atoms with Gasteiger partial charge in [-0.2, -0.15) is 0 Å². The smallest absolute Gasteiger partial charge is 0.151 e. The summed E-state index contributed by atoms with van der Waals surface area (Å²) in [7, 11) is 0. The normalized spacial score (nSPS) is 20.3. The highest BCUT2D eigenvalue weighted by molar-refractivity contribution is 8.01. The summed E-state index contributed by atoms with van der Waals surface area (Å²) < 4.78 is 2.52. The van der Waals surface area contributed by atoms with Crippen molar-refractivity contribution in [1.82, 2.24) is 10.3 Å². The second-order valence-electron chi connectivity index (χ2n) is 4.73. The predicted octanol–water partition coefficient (Wildman–Crippen LogP) is 3.92. The molecular formula is C14H18N2S2. The molecule has 0 bridgehead atoms. The lowest BCUT2D eigenvalue weighted by molar-refractivity contribution is 0.395. The molecule has 4 heteroatoms. The van der Waals surface area contributed by atoms with E-state index in [0.717, 1.165) is 11.6 Å². The topological polar surface area (TPSA) is 24.9 Å². The zero-order valence-corrected chi connectivity index (χ0v) is 12.0. The molecule has 1 N–H and O–H groups in total. The number of rotatable bonds is 4. The maximum absolute atomic E-state index is 4.66. The third kappa shape index (κ3) is 3.05. The number of nitrogens with zero attached hydrogens (tertiary/aromatic N) is 1. The largest absolute Gasteiger partial charge is 0.314 e. The number of fused-ring (bicyclic) bond motifs is 1. The second-order valence-corrected chi connectivity index (χ2v) is 7.10. The molecule has 2 heterocycles. The van der Waals surface area contributed by atoms with Crippen molar-refractivity contribution < 1.29 is 0 Å². The van der Waals surface area contributed by atoms with Gasteiger partial charge in [-0.05, 0) is 37.9 Å². The van der Waals surface area contributed by atoms with E-state index in [1.807, 2.05) is 23.1 Å². The molecule has 0 saturated carbocycles. The van der Waals surface area contributed by atoms with Crippen LogP contribution in [0.25, 0.3) is 10.2 Å². The van der Waals surface area contributed by atoms with E-state index in [1.54, 1.807) is 0 Å². The Bertz CT molecular complexity index is 470. The van der Waals surface area contributed by atoms with Crippen LogP contribution in [0, 0.1) is 0 Å². The summed E-state index contributed by atoms with van der Waals surface area (Å²) in [6.07, 6.45) is 5.35. The fourth-order valence-corrected chi connectivity index (χ4v) is 4.56. The van der Waals surface area contributed by atoms with E-state index >= 15 is 0 Å². The first-order chi connectivity index (χ1) is 8.92. The van der Waals surface area contributed by atoms with E-state index in [4.69, 9.17) is 0 Å². The highest BCUT2D eigenvalue weighted by Crippen LogP contribution is 2.30. The van der Waals surface area contributed by atoms with Gasteiger partial charge in [0.25, 0.3) is 0 Å². The fraction of sp³-hybridized carbons (Fsp3) is 0.500. The molecule has 0 aliphatic carbocycles. The minimum absolute atomic E-state index is 0.737. The van der Waals surface area contributed by atoms with Gasteiger partial charge in [-0.15, -0.1) is 11.3 Å². The molecule has 2 nitrogen and oxygen atoms in total. The average molecular weight is 278 g/mol. The summed E-state index contributed by atoms with van der Waals surface area (Å²) in [4.78, 5) is 4.66. The number of benzene rings is 1. The number of hydrogen-bond acceptors (Lipinski definition) is 4. The number of piperidine rings is 1. The lowest BCUT2D eigenvalue weighted by Crippen LogP contribution is -2.34. The highest BCUT2D eigenvalue weighted by Gasteiger charge is 2.12. The molecule has 0 spiro atoms. The van der Waals surface area contributed by atoms with Crippen LogP contribution in [0.5, 0.6) is 0 Å². The number of para-hydroxylation sites is 1. The van der Waals surface area contributed by atoms with Crippen LogP contribution in [-0.4, -0.2) is 23.3 Å². The Hall–Kier alpha value is -0.580. The van der Waals surface area contributed by atoms with E-state index in [-0.39, 0.29) is 0 Å². The van der Waals surface area contributed by atoms with Crippen molar-refractivity contribution in [2.45, 2.75) is 36.1 Å². The van der Waals surface area contributed by atoms with Crippen molar-refractivity contribution in [3.8, 4) is 0 Å². The van der Waals surface area contributed by atoms with E-state index in [0.29, 0.717) is 0 Å². The molecule has 3 rings (SSSR count). The molecule has 1 aliphatic heterocycles. The molecule has 1 aromatic carbocycles. The third-order valence-electron chi connectivity index (χ3n) is 3.38. The predicted molar refractivity (Wildman–Crippen MR) is 80.6 cm³/mol. The van der Waals surface area contributed by atoms with Crippen LogP contribution >= 0.6 is 23.1 Å². The Balaban J connectivity index is 1.53. The molecule has 1 aliphatic rings. The van der Waals surface area contributed by atoms with Gasteiger partial charge in [-0.1, -0.05) is 30.3 Å². The van der Waals surface area contributed by atoms with Gasteiger partial charge in [0, 0.05) is 11.8 Å². The van der Waals surface area contributed by atoms with Crippen LogP contribution in [0.1, 0.15) is 25.7 Å². The van der Waals surface area contributed by atoms with Crippen LogP contribution in [-0.2, 0) is 0 Å². The number of thioether (sulfide) groups is 1. The lowest BCUT2D eigenvalue weighted by atomic mass is 10.0. The van der Waals surface area contributed by atoms with Crippen molar-refractivity contribution in [2.75, 3.05) is 12.3 Å². The highest BCUT2D eigenvalue weighted by atomic mass is 32.2. The van der Waals surface area contributed by atoms with Crippen LogP contribution in [0.2, 0.25) is 0 Å². The molecule has 18 heavy (non-hydrogen) atoms. The Morgan fingerprint density at radius 2 is 2.28 bits per heavy atom. The number of thiazole rings is 1. The Morgan fingerprint density at radius 3 is 3.11 bits per heavy atom. The van der Waals surface area contributed by atoms with Crippen molar-refractivity contribution in [3.05, 3.63) is 24.3 Å². The Kier molecular flexibility index (Phi) is 4.18. The van der Waals surface area contributed by atoms with Gasteiger partial charge < -0.3 is 5.32 Å². The monoisotopic (exact) mass is 278 g/mol. The van der Waals surface area contributed by atoms with Crippen molar-refractivity contribution in [1.29, 1.82) is 0 Å². The van der Waals surface area contributed by atoms with Gasteiger partial charge in [-0.3, -0.25) is 0 Å². The Morgan fingerprint density at radius 1 is 1.33 bits per heavy atom. The Labute approximate surface area is 116 Å². The van der Waals surface area contributed by atoms with Gasteiger partial charge in [0.05, 0.1) is 10.2 Å². The molecule has 1 fully saturated rings. The standard InChI is InChI=1S/C14H18N2S2/c1-2-7-13-12(6-1)16-14(18-13)17-10-8-11-5-3-4-9-15-11/h1-2,6-7,11,15H,3-5,8-10H2/t11-/m1/s1. The average Bonchev–Trinajstić information content (AvgIpc) is 2.82. The van der Waals surface area contributed by atoms with Crippen LogP contribution in [0.15, 0.2) is 28.6 Å². The first-order valence-corrected chi connectivity index (χ1v) is 8.44. The molecular weight excluding hydrogens is 260 g/mol. The zero-order valence-electron chi connectivity index (χ0n) is 10.4. The van der Waals surface area contributed by atoms with Crippen molar-refractivity contribution in [3.63, 3.8) is 0 Å². The van der Waals surface area contributed by atoms with E-state index in [9.17, 15) is 0 Å². The molecule has 1 aromatic heterocycles. The second kappa shape index (κ2) is 6.04. The molecule has 96 valence electrons. The summed E-state index contributed by atoms with van der Waals surface area (Å²) in [5, 5.41) is 3.60. The third-order valence-corrected chi connectivity index (χ3v) is 5.59. The first-order valence-electron chi connectivity index (χ1n) is 6.63. The van der Waals surface area contributed by atoms with Gasteiger partial charge in [0.1, 0.15) is 0 Å². The quantitative estimate of drug-likeness (QED) is 0.858. The summed E-state index contributed by atoms with van der Waals surface area (Å²) >= 11 is 3.72. The number of nitrogens with one attached hydrogen (secondary N) is 1. The van der Waals surface area contributed by atoms with Crippen LogP contribution in [0.3, 0.4) is 0 Å². The van der Waals surface area contributed by atoms with Crippen molar-refractivity contribution in [2.24, 2.45) is 0 Å². The number of aromatic nitrogens is 1. The molecule has 1 saturated heterocycles. The molecule has 0 unspecified atom stereocenters. The minimum Gasteiger partial charge on any atom is -0.314 e. The SMILES string of the molecule is c1ccc2sc(SCC[C@H]3CCCCN3)nc2c1. The summed E-state index contributed by atoms with van der Waals surface area (Å²) in [5.41, 5.74) is 1.14. The fourth-order valence-electron chi connectivity index (χ4n) is 2.37. The van der Waals surface area contributed by atoms with Gasteiger partial charge in [-0.25, -0.2) is 4.98 Å².